The molecule has 30 heavy (non-hydrogen) atoms. The minimum atomic E-state index is -0.480. The lowest BCUT2D eigenvalue weighted by Gasteiger charge is -2.24. The predicted molar refractivity (Wildman–Crippen MR) is 121 cm³/mol. The third-order valence-electron chi connectivity index (χ3n) is 5.50. The normalized spacial score (nSPS) is 13.1. The number of amides is 1. The number of nitrogens with zero attached hydrogens (tertiary/aromatic N) is 2. The van der Waals surface area contributed by atoms with Gasteiger partial charge in [0.05, 0.1) is 11.0 Å². The summed E-state index contributed by atoms with van der Waals surface area (Å²) in [7, 11) is 0. The van der Waals surface area contributed by atoms with Gasteiger partial charge in [-0.05, 0) is 36.6 Å². The Morgan fingerprint density at radius 1 is 0.933 bits per heavy atom. The molecule has 152 valence electrons. The van der Waals surface area contributed by atoms with Crippen molar-refractivity contribution < 1.29 is 4.79 Å². The first-order valence-corrected chi connectivity index (χ1v) is 10.5. The summed E-state index contributed by atoms with van der Waals surface area (Å²) in [5.41, 5.74) is 4.00. The highest BCUT2D eigenvalue weighted by atomic mass is 16.2. The summed E-state index contributed by atoms with van der Waals surface area (Å²) in [4.78, 5) is 18.4. The Labute approximate surface area is 177 Å². The SMILES string of the molecule is CCC(C)NC(=O)C(c1ccccc1)n1c(Cc2ccccc2)nc2ccccc21. The first-order valence-electron chi connectivity index (χ1n) is 10.5. The molecule has 1 aromatic heterocycles. The molecule has 1 N–H and O–H groups in total. The van der Waals surface area contributed by atoms with Crippen molar-refractivity contribution in [2.75, 3.05) is 0 Å². The number of aromatic nitrogens is 2. The molecule has 1 amide bonds. The molecule has 0 aliphatic rings. The van der Waals surface area contributed by atoms with Crippen LogP contribution in [-0.2, 0) is 11.2 Å². The highest BCUT2D eigenvalue weighted by Crippen LogP contribution is 2.28. The Morgan fingerprint density at radius 2 is 1.57 bits per heavy atom. The maximum Gasteiger partial charge on any atom is 0.247 e. The summed E-state index contributed by atoms with van der Waals surface area (Å²) in [6.45, 7) is 4.12. The lowest BCUT2D eigenvalue weighted by molar-refractivity contribution is -0.123. The molecule has 0 saturated heterocycles. The summed E-state index contributed by atoms with van der Waals surface area (Å²) in [6.07, 6.45) is 1.55. The van der Waals surface area contributed by atoms with Crippen molar-refractivity contribution >= 4 is 16.9 Å². The van der Waals surface area contributed by atoms with Crippen LogP contribution in [0.4, 0.5) is 0 Å². The van der Waals surface area contributed by atoms with Gasteiger partial charge >= 0.3 is 0 Å². The topological polar surface area (TPSA) is 46.9 Å². The van der Waals surface area contributed by atoms with Crippen molar-refractivity contribution in [1.29, 1.82) is 0 Å². The monoisotopic (exact) mass is 397 g/mol. The molecule has 0 spiro atoms. The van der Waals surface area contributed by atoms with Gasteiger partial charge in [0.1, 0.15) is 11.9 Å². The Morgan fingerprint density at radius 3 is 2.27 bits per heavy atom. The van der Waals surface area contributed by atoms with E-state index in [2.05, 4.69) is 28.9 Å². The molecular weight excluding hydrogens is 370 g/mol. The van der Waals surface area contributed by atoms with Gasteiger partial charge in [-0.1, -0.05) is 79.7 Å². The minimum absolute atomic E-state index is 0.00647. The van der Waals surface area contributed by atoms with Crippen LogP contribution in [-0.4, -0.2) is 21.5 Å². The molecule has 4 rings (SSSR count). The summed E-state index contributed by atoms with van der Waals surface area (Å²) in [6, 6.07) is 27.9. The molecule has 4 aromatic rings. The van der Waals surface area contributed by atoms with Crippen molar-refractivity contribution in [2.24, 2.45) is 0 Å². The molecule has 0 aliphatic heterocycles. The fourth-order valence-corrected chi connectivity index (χ4v) is 3.76. The zero-order valence-electron chi connectivity index (χ0n) is 17.5. The van der Waals surface area contributed by atoms with Gasteiger partial charge in [0.2, 0.25) is 5.91 Å². The standard InChI is InChI=1S/C26H27N3O/c1-3-19(2)27-26(30)25(21-14-8-5-9-15-21)29-23-17-11-10-16-22(23)28-24(29)18-20-12-6-4-7-13-20/h4-17,19,25H,3,18H2,1-2H3,(H,27,30). The van der Waals surface area contributed by atoms with Crippen LogP contribution in [0.3, 0.4) is 0 Å². The van der Waals surface area contributed by atoms with Crippen LogP contribution in [0.5, 0.6) is 0 Å². The molecule has 4 heteroatoms. The molecule has 0 radical (unpaired) electrons. The molecule has 0 bridgehead atoms. The second-order valence-corrected chi connectivity index (χ2v) is 7.68. The lowest BCUT2D eigenvalue weighted by atomic mass is 10.0. The number of nitrogens with one attached hydrogen (secondary N) is 1. The van der Waals surface area contributed by atoms with Gasteiger partial charge in [0, 0.05) is 12.5 Å². The van der Waals surface area contributed by atoms with Crippen molar-refractivity contribution in [3.05, 3.63) is 102 Å². The first-order chi connectivity index (χ1) is 14.7. The van der Waals surface area contributed by atoms with E-state index in [4.69, 9.17) is 4.98 Å². The minimum Gasteiger partial charge on any atom is -0.352 e. The number of hydrogen-bond donors (Lipinski definition) is 1. The van der Waals surface area contributed by atoms with Crippen LogP contribution in [0.25, 0.3) is 11.0 Å². The smallest absolute Gasteiger partial charge is 0.247 e. The molecule has 0 fully saturated rings. The quantitative estimate of drug-likeness (QED) is 0.470. The summed E-state index contributed by atoms with van der Waals surface area (Å²) < 4.78 is 2.11. The van der Waals surface area contributed by atoms with Gasteiger partial charge in [-0.3, -0.25) is 4.79 Å². The van der Waals surface area contributed by atoms with E-state index in [-0.39, 0.29) is 11.9 Å². The number of hydrogen-bond acceptors (Lipinski definition) is 2. The number of benzene rings is 3. The number of fused-ring (bicyclic) bond motifs is 1. The highest BCUT2D eigenvalue weighted by molar-refractivity contribution is 5.87. The van der Waals surface area contributed by atoms with Crippen LogP contribution in [0.15, 0.2) is 84.9 Å². The second kappa shape index (κ2) is 8.95. The molecule has 1 heterocycles. The van der Waals surface area contributed by atoms with Crippen molar-refractivity contribution in [3.63, 3.8) is 0 Å². The zero-order valence-corrected chi connectivity index (χ0v) is 17.5. The highest BCUT2D eigenvalue weighted by Gasteiger charge is 2.28. The van der Waals surface area contributed by atoms with Crippen LogP contribution < -0.4 is 5.32 Å². The Kier molecular flexibility index (Phi) is 5.94. The van der Waals surface area contributed by atoms with Crippen molar-refractivity contribution in [1.82, 2.24) is 14.9 Å². The largest absolute Gasteiger partial charge is 0.352 e. The summed E-state index contributed by atoms with van der Waals surface area (Å²) in [5.74, 6) is 0.878. The molecule has 4 nitrogen and oxygen atoms in total. The van der Waals surface area contributed by atoms with E-state index in [0.717, 1.165) is 28.8 Å². The summed E-state index contributed by atoms with van der Waals surface area (Å²) in [5, 5.41) is 3.18. The van der Waals surface area contributed by atoms with E-state index >= 15 is 0 Å². The molecular formula is C26H27N3O. The Hall–Kier alpha value is -3.40. The van der Waals surface area contributed by atoms with E-state index in [0.29, 0.717) is 6.42 Å². The second-order valence-electron chi connectivity index (χ2n) is 7.68. The lowest BCUT2D eigenvalue weighted by Crippen LogP contribution is -2.39. The Balaban J connectivity index is 1.87. The number of carbonyl (C=O) groups is 1. The van der Waals surface area contributed by atoms with Gasteiger partial charge < -0.3 is 9.88 Å². The van der Waals surface area contributed by atoms with Gasteiger partial charge in [-0.2, -0.15) is 0 Å². The van der Waals surface area contributed by atoms with Crippen LogP contribution >= 0.6 is 0 Å². The average Bonchev–Trinajstić information content (AvgIpc) is 3.13. The van der Waals surface area contributed by atoms with Gasteiger partial charge in [0.15, 0.2) is 0 Å². The average molecular weight is 398 g/mol. The van der Waals surface area contributed by atoms with E-state index in [1.54, 1.807) is 0 Å². The van der Waals surface area contributed by atoms with Crippen LogP contribution in [0, 0.1) is 0 Å². The van der Waals surface area contributed by atoms with Gasteiger partial charge in [-0.25, -0.2) is 4.98 Å². The van der Waals surface area contributed by atoms with Gasteiger partial charge in [0.25, 0.3) is 0 Å². The maximum absolute atomic E-state index is 13.5. The van der Waals surface area contributed by atoms with Gasteiger partial charge in [-0.15, -0.1) is 0 Å². The van der Waals surface area contributed by atoms with E-state index in [1.165, 1.54) is 5.56 Å². The van der Waals surface area contributed by atoms with E-state index in [1.807, 2.05) is 79.7 Å². The predicted octanol–water partition coefficient (Wildman–Crippen LogP) is 5.13. The number of para-hydroxylation sites is 2. The number of imidazole rings is 1. The molecule has 0 saturated carbocycles. The summed E-state index contributed by atoms with van der Waals surface area (Å²) >= 11 is 0. The van der Waals surface area contributed by atoms with Crippen molar-refractivity contribution in [2.45, 2.75) is 38.8 Å². The maximum atomic E-state index is 13.5. The van der Waals surface area contributed by atoms with E-state index < -0.39 is 6.04 Å². The zero-order chi connectivity index (χ0) is 20.9. The fraction of sp³-hybridized carbons (Fsp3) is 0.231. The Bertz CT molecular complexity index is 1120. The number of carbonyl (C=O) groups excluding carboxylic acids is 1. The third-order valence-corrected chi connectivity index (χ3v) is 5.50. The fourth-order valence-electron chi connectivity index (χ4n) is 3.76. The number of rotatable bonds is 7. The van der Waals surface area contributed by atoms with Crippen molar-refractivity contribution in [3.8, 4) is 0 Å². The molecule has 3 aromatic carbocycles. The third kappa shape index (κ3) is 4.13. The molecule has 2 unspecified atom stereocenters. The van der Waals surface area contributed by atoms with Crippen LogP contribution in [0.2, 0.25) is 0 Å². The molecule has 0 aliphatic carbocycles. The molecule has 2 atom stereocenters. The van der Waals surface area contributed by atoms with E-state index in [9.17, 15) is 4.79 Å². The van der Waals surface area contributed by atoms with Crippen LogP contribution in [0.1, 0.15) is 43.3 Å². The first kappa shape index (κ1) is 19.9.